The summed E-state index contributed by atoms with van der Waals surface area (Å²) in [7, 11) is 1.59. The molecule has 1 amide bonds. The van der Waals surface area contributed by atoms with Crippen molar-refractivity contribution in [2.24, 2.45) is 0 Å². The zero-order chi connectivity index (χ0) is 16.7. The number of aryl methyl sites for hydroxylation is 1. The molecular weight excluding hydrogens is 288 g/mol. The van der Waals surface area contributed by atoms with Gasteiger partial charge in [0.1, 0.15) is 17.4 Å². The predicted octanol–water partition coefficient (Wildman–Crippen LogP) is 3.80. The van der Waals surface area contributed by atoms with Gasteiger partial charge in [-0.15, -0.1) is 0 Å². The molecule has 0 aromatic heterocycles. The van der Waals surface area contributed by atoms with Crippen LogP contribution < -0.4 is 10.1 Å². The van der Waals surface area contributed by atoms with Crippen LogP contribution >= 0.6 is 0 Å². The van der Waals surface area contributed by atoms with Gasteiger partial charge in [0.05, 0.1) is 7.11 Å². The molecule has 0 aliphatic carbocycles. The lowest BCUT2D eigenvalue weighted by Gasteiger charge is -2.05. The monoisotopic (exact) mass is 306 g/mol. The van der Waals surface area contributed by atoms with E-state index in [9.17, 15) is 10.1 Å². The van der Waals surface area contributed by atoms with Gasteiger partial charge < -0.3 is 10.1 Å². The first-order valence-electron chi connectivity index (χ1n) is 7.32. The largest absolute Gasteiger partial charge is 0.497 e. The Morgan fingerprint density at radius 1 is 1.17 bits per heavy atom. The van der Waals surface area contributed by atoms with Crippen molar-refractivity contribution in [3.05, 3.63) is 65.2 Å². The van der Waals surface area contributed by atoms with Crippen molar-refractivity contribution in [2.75, 3.05) is 12.4 Å². The molecule has 0 atom stereocenters. The molecule has 0 aliphatic rings. The first-order valence-corrected chi connectivity index (χ1v) is 7.32. The van der Waals surface area contributed by atoms with E-state index in [1.165, 1.54) is 5.56 Å². The second-order valence-corrected chi connectivity index (χ2v) is 4.95. The van der Waals surface area contributed by atoms with E-state index in [0.29, 0.717) is 5.69 Å². The lowest BCUT2D eigenvalue weighted by Crippen LogP contribution is -2.13. The number of rotatable bonds is 5. The Kier molecular flexibility index (Phi) is 5.54. The number of anilines is 1. The van der Waals surface area contributed by atoms with Gasteiger partial charge in [0.25, 0.3) is 5.91 Å². The Hall–Kier alpha value is -3.06. The van der Waals surface area contributed by atoms with Crippen LogP contribution in [-0.2, 0) is 11.2 Å². The maximum Gasteiger partial charge on any atom is 0.266 e. The number of ether oxygens (including phenoxy) is 1. The van der Waals surface area contributed by atoms with Crippen molar-refractivity contribution >= 4 is 17.7 Å². The molecule has 116 valence electrons. The van der Waals surface area contributed by atoms with Crippen LogP contribution in [0.4, 0.5) is 5.69 Å². The van der Waals surface area contributed by atoms with Gasteiger partial charge in [0.2, 0.25) is 0 Å². The summed E-state index contributed by atoms with van der Waals surface area (Å²) < 4.78 is 5.08. The number of nitrogens with one attached hydrogen (secondary N) is 1. The third-order valence-electron chi connectivity index (χ3n) is 3.41. The maximum atomic E-state index is 12.2. The van der Waals surface area contributed by atoms with Crippen molar-refractivity contribution in [3.8, 4) is 11.8 Å². The molecule has 0 heterocycles. The molecule has 0 unspecified atom stereocenters. The fourth-order valence-electron chi connectivity index (χ4n) is 2.04. The van der Waals surface area contributed by atoms with Gasteiger partial charge in [-0.25, -0.2) is 0 Å². The van der Waals surface area contributed by atoms with Crippen LogP contribution in [0.25, 0.3) is 6.08 Å². The van der Waals surface area contributed by atoms with E-state index in [1.54, 1.807) is 37.5 Å². The Morgan fingerprint density at radius 2 is 1.83 bits per heavy atom. The molecule has 1 N–H and O–H groups in total. The topological polar surface area (TPSA) is 62.1 Å². The van der Waals surface area contributed by atoms with Crippen LogP contribution in [-0.4, -0.2) is 13.0 Å². The summed E-state index contributed by atoms with van der Waals surface area (Å²) in [6, 6.07) is 16.7. The fraction of sp³-hybridized carbons (Fsp3) is 0.158. The zero-order valence-electron chi connectivity index (χ0n) is 13.2. The van der Waals surface area contributed by atoms with E-state index in [0.717, 1.165) is 17.7 Å². The quantitative estimate of drug-likeness (QED) is 0.675. The number of amides is 1. The summed E-state index contributed by atoms with van der Waals surface area (Å²) in [6.07, 6.45) is 2.49. The third-order valence-corrected chi connectivity index (χ3v) is 3.41. The van der Waals surface area contributed by atoms with E-state index >= 15 is 0 Å². The smallest absolute Gasteiger partial charge is 0.266 e. The molecule has 0 saturated heterocycles. The van der Waals surface area contributed by atoms with E-state index < -0.39 is 5.91 Å². The third kappa shape index (κ3) is 4.45. The first-order chi connectivity index (χ1) is 11.2. The molecule has 0 fully saturated rings. The first kappa shape index (κ1) is 16.3. The SMILES string of the molecule is CCc1ccc(NC(=O)C(C#N)=Cc2ccc(OC)cc2)cc1. The number of carbonyl (C=O) groups is 1. The van der Waals surface area contributed by atoms with Crippen LogP contribution in [0.2, 0.25) is 0 Å². The predicted molar refractivity (Wildman–Crippen MR) is 91.0 cm³/mol. The highest BCUT2D eigenvalue weighted by Gasteiger charge is 2.09. The van der Waals surface area contributed by atoms with Crippen molar-refractivity contribution in [2.45, 2.75) is 13.3 Å². The number of nitriles is 1. The van der Waals surface area contributed by atoms with Crippen molar-refractivity contribution in [1.82, 2.24) is 0 Å². The van der Waals surface area contributed by atoms with Gasteiger partial charge in [-0.05, 0) is 47.9 Å². The number of hydrogen-bond acceptors (Lipinski definition) is 3. The minimum Gasteiger partial charge on any atom is -0.497 e. The summed E-state index contributed by atoms with van der Waals surface area (Å²) in [4.78, 5) is 12.2. The summed E-state index contributed by atoms with van der Waals surface area (Å²) in [6.45, 7) is 2.07. The molecule has 23 heavy (non-hydrogen) atoms. The molecular formula is C19H18N2O2. The van der Waals surface area contributed by atoms with Crippen LogP contribution in [0.5, 0.6) is 5.75 Å². The van der Waals surface area contributed by atoms with Crippen molar-refractivity contribution in [3.63, 3.8) is 0 Å². The Labute approximate surface area is 136 Å². The molecule has 2 rings (SSSR count). The highest BCUT2D eigenvalue weighted by atomic mass is 16.5. The van der Waals surface area contributed by atoms with Crippen molar-refractivity contribution in [1.29, 1.82) is 5.26 Å². The highest BCUT2D eigenvalue weighted by molar-refractivity contribution is 6.09. The van der Waals surface area contributed by atoms with Gasteiger partial charge in [-0.1, -0.05) is 31.2 Å². The lowest BCUT2D eigenvalue weighted by molar-refractivity contribution is -0.112. The minimum atomic E-state index is -0.424. The lowest BCUT2D eigenvalue weighted by atomic mass is 10.1. The molecule has 2 aromatic carbocycles. The fourth-order valence-corrected chi connectivity index (χ4v) is 2.04. The van der Waals surface area contributed by atoms with Crippen LogP contribution in [0, 0.1) is 11.3 Å². The number of methoxy groups -OCH3 is 1. The molecule has 4 heteroatoms. The number of carbonyl (C=O) groups excluding carboxylic acids is 1. The average molecular weight is 306 g/mol. The number of hydrogen-bond donors (Lipinski definition) is 1. The summed E-state index contributed by atoms with van der Waals surface area (Å²) in [5.74, 6) is 0.300. The second-order valence-electron chi connectivity index (χ2n) is 4.95. The summed E-state index contributed by atoms with van der Waals surface area (Å²) in [5, 5.41) is 11.9. The number of nitrogens with zero attached hydrogens (tertiary/aromatic N) is 1. The molecule has 0 bridgehead atoms. The summed E-state index contributed by atoms with van der Waals surface area (Å²) in [5.41, 5.74) is 2.67. The molecule has 4 nitrogen and oxygen atoms in total. The molecule has 0 spiro atoms. The minimum absolute atomic E-state index is 0.0507. The average Bonchev–Trinajstić information content (AvgIpc) is 2.60. The van der Waals surface area contributed by atoms with Gasteiger partial charge in [0, 0.05) is 5.69 Å². The van der Waals surface area contributed by atoms with E-state index in [2.05, 4.69) is 12.2 Å². The van der Waals surface area contributed by atoms with Crippen LogP contribution in [0.15, 0.2) is 54.1 Å². The van der Waals surface area contributed by atoms with Crippen molar-refractivity contribution < 1.29 is 9.53 Å². The molecule has 0 radical (unpaired) electrons. The molecule has 0 saturated carbocycles. The van der Waals surface area contributed by atoms with Gasteiger partial charge >= 0.3 is 0 Å². The van der Waals surface area contributed by atoms with Crippen LogP contribution in [0.3, 0.4) is 0 Å². The normalized spacial score (nSPS) is 10.7. The Balaban J connectivity index is 2.13. The molecule has 0 aliphatic heterocycles. The zero-order valence-corrected chi connectivity index (χ0v) is 13.2. The van der Waals surface area contributed by atoms with E-state index in [4.69, 9.17) is 4.74 Å². The Morgan fingerprint density at radius 3 is 2.35 bits per heavy atom. The van der Waals surface area contributed by atoms with Gasteiger partial charge in [-0.3, -0.25) is 4.79 Å². The van der Waals surface area contributed by atoms with E-state index in [-0.39, 0.29) is 5.57 Å². The standard InChI is InChI=1S/C19H18N2O2/c1-3-14-4-8-17(9-5-14)21-19(22)16(13-20)12-15-6-10-18(23-2)11-7-15/h4-12H,3H2,1-2H3,(H,21,22). The van der Waals surface area contributed by atoms with E-state index in [1.807, 2.05) is 30.3 Å². The summed E-state index contributed by atoms with van der Waals surface area (Å²) >= 11 is 0. The van der Waals surface area contributed by atoms with Gasteiger partial charge in [-0.2, -0.15) is 5.26 Å². The molecule has 2 aromatic rings. The highest BCUT2D eigenvalue weighted by Crippen LogP contribution is 2.15. The van der Waals surface area contributed by atoms with Crippen LogP contribution in [0.1, 0.15) is 18.1 Å². The maximum absolute atomic E-state index is 12.2. The van der Waals surface area contributed by atoms with Gasteiger partial charge in [0.15, 0.2) is 0 Å². The number of benzene rings is 2. The Bertz CT molecular complexity index is 738. The second kappa shape index (κ2) is 7.81.